The van der Waals surface area contributed by atoms with Crippen molar-refractivity contribution in [2.24, 2.45) is 4.99 Å². The van der Waals surface area contributed by atoms with Gasteiger partial charge in [-0.15, -0.1) is 24.0 Å². The van der Waals surface area contributed by atoms with Gasteiger partial charge in [-0.05, 0) is 52.1 Å². The molecule has 1 aromatic rings. The molecule has 0 aromatic heterocycles. The lowest BCUT2D eigenvalue weighted by molar-refractivity contribution is 0.145. The normalized spacial score (nSPS) is 12.6. The molecule has 0 bridgehead atoms. The Hall–Kier alpha value is -0.930. The Kier molecular flexibility index (Phi) is 13.7. The molecule has 0 radical (unpaired) electrons. The van der Waals surface area contributed by atoms with E-state index in [4.69, 9.17) is 4.74 Å². The summed E-state index contributed by atoms with van der Waals surface area (Å²) in [5.74, 6) is 0.557. The number of likely N-dealkylation sites (N-methyl/N-ethyl adjacent to an activating group) is 1. The summed E-state index contributed by atoms with van der Waals surface area (Å²) >= 11 is 0. The van der Waals surface area contributed by atoms with Crippen molar-refractivity contribution in [3.05, 3.63) is 35.6 Å². The van der Waals surface area contributed by atoms with Crippen LogP contribution in [0.25, 0.3) is 0 Å². The number of nitrogens with one attached hydrogen (secondary N) is 2. The van der Waals surface area contributed by atoms with Crippen LogP contribution in [0.5, 0.6) is 0 Å². The highest BCUT2D eigenvalue weighted by molar-refractivity contribution is 14.0. The first-order chi connectivity index (χ1) is 11.6. The Balaban J connectivity index is 0.00000576. The number of rotatable bonds is 10. The van der Waals surface area contributed by atoms with E-state index in [1.165, 1.54) is 6.07 Å². The van der Waals surface area contributed by atoms with Gasteiger partial charge in [-0.3, -0.25) is 4.99 Å². The molecule has 1 aromatic carbocycles. The predicted octanol–water partition coefficient (Wildman–Crippen LogP) is 3.03. The summed E-state index contributed by atoms with van der Waals surface area (Å²) in [4.78, 5) is 6.70. The third kappa shape index (κ3) is 9.96. The Labute approximate surface area is 168 Å². The van der Waals surface area contributed by atoms with Crippen LogP contribution >= 0.6 is 24.0 Å². The molecule has 0 aliphatic carbocycles. The minimum absolute atomic E-state index is 0. The fourth-order valence-corrected chi connectivity index (χ4v) is 2.33. The van der Waals surface area contributed by atoms with Crippen LogP contribution in [-0.4, -0.2) is 57.8 Å². The summed E-state index contributed by atoms with van der Waals surface area (Å²) in [6.45, 7) is 7.67. The molecule has 0 heterocycles. The van der Waals surface area contributed by atoms with Crippen molar-refractivity contribution in [2.45, 2.75) is 26.3 Å². The third-order valence-corrected chi connectivity index (χ3v) is 3.59. The number of guanidine groups is 1. The molecule has 0 spiro atoms. The van der Waals surface area contributed by atoms with Crippen molar-refractivity contribution < 1.29 is 9.13 Å². The second kappa shape index (κ2) is 14.3. The highest BCUT2D eigenvalue weighted by Gasteiger charge is 2.14. The van der Waals surface area contributed by atoms with Crippen LogP contribution in [0.15, 0.2) is 29.3 Å². The first kappa shape index (κ1) is 24.1. The van der Waals surface area contributed by atoms with Crippen molar-refractivity contribution in [3.8, 4) is 0 Å². The van der Waals surface area contributed by atoms with Gasteiger partial charge in [0.25, 0.3) is 0 Å². The van der Waals surface area contributed by atoms with E-state index in [2.05, 4.69) is 20.5 Å². The summed E-state index contributed by atoms with van der Waals surface area (Å²) in [7, 11) is 3.96. The highest BCUT2D eigenvalue weighted by Crippen LogP contribution is 2.19. The Morgan fingerprint density at radius 1 is 1.28 bits per heavy atom. The second-order valence-corrected chi connectivity index (χ2v) is 5.73. The van der Waals surface area contributed by atoms with Gasteiger partial charge in [-0.2, -0.15) is 0 Å². The largest absolute Gasteiger partial charge is 0.382 e. The van der Waals surface area contributed by atoms with Gasteiger partial charge in [-0.1, -0.05) is 12.1 Å². The Morgan fingerprint density at radius 2 is 2.04 bits per heavy atom. The number of aliphatic imine (C=N–C) groups is 1. The summed E-state index contributed by atoms with van der Waals surface area (Å²) < 4.78 is 18.8. The Bertz CT molecular complexity index is 500. The molecule has 0 saturated carbocycles. The lowest BCUT2D eigenvalue weighted by atomic mass is 10.1. The zero-order valence-corrected chi connectivity index (χ0v) is 18.0. The van der Waals surface area contributed by atoms with Crippen molar-refractivity contribution in [2.75, 3.05) is 46.9 Å². The summed E-state index contributed by atoms with van der Waals surface area (Å²) in [5, 5.41) is 6.54. The van der Waals surface area contributed by atoms with E-state index in [1.807, 2.05) is 34.0 Å². The molecule has 1 atom stereocenters. The van der Waals surface area contributed by atoms with Crippen molar-refractivity contribution >= 4 is 29.9 Å². The number of halogens is 2. The topological polar surface area (TPSA) is 48.9 Å². The summed E-state index contributed by atoms with van der Waals surface area (Å²) in [5.41, 5.74) is 0.927. The molecule has 144 valence electrons. The van der Waals surface area contributed by atoms with E-state index >= 15 is 0 Å². The van der Waals surface area contributed by atoms with Crippen LogP contribution in [0.2, 0.25) is 0 Å². The molecule has 0 amide bonds. The number of hydrogen-bond acceptors (Lipinski definition) is 3. The van der Waals surface area contributed by atoms with Gasteiger partial charge in [0.2, 0.25) is 0 Å². The van der Waals surface area contributed by atoms with Gasteiger partial charge in [0.1, 0.15) is 5.82 Å². The zero-order valence-electron chi connectivity index (χ0n) is 15.7. The molecule has 0 fully saturated rings. The van der Waals surface area contributed by atoms with E-state index in [9.17, 15) is 4.39 Å². The van der Waals surface area contributed by atoms with Gasteiger partial charge in [0.05, 0.1) is 12.6 Å². The molecule has 7 heteroatoms. The first-order valence-electron chi connectivity index (χ1n) is 8.60. The second-order valence-electron chi connectivity index (χ2n) is 5.73. The number of nitrogens with zero attached hydrogens (tertiary/aromatic N) is 2. The SMILES string of the molecule is CCNC(=NCC(c1cccc(F)c1)N(C)C)NCCCOCC.I. The van der Waals surface area contributed by atoms with Crippen LogP contribution in [0.3, 0.4) is 0 Å². The van der Waals surface area contributed by atoms with E-state index in [1.54, 1.807) is 12.1 Å². The lowest BCUT2D eigenvalue weighted by Crippen LogP contribution is -2.38. The maximum absolute atomic E-state index is 13.5. The third-order valence-electron chi connectivity index (χ3n) is 3.59. The number of hydrogen-bond donors (Lipinski definition) is 2. The summed E-state index contributed by atoms with van der Waals surface area (Å²) in [6.07, 6.45) is 0.930. The monoisotopic (exact) mass is 466 g/mol. The molecular weight excluding hydrogens is 434 g/mol. The van der Waals surface area contributed by atoms with Crippen LogP contribution < -0.4 is 10.6 Å². The van der Waals surface area contributed by atoms with Gasteiger partial charge in [0.15, 0.2) is 5.96 Å². The molecule has 1 unspecified atom stereocenters. The van der Waals surface area contributed by atoms with Crippen LogP contribution in [0.1, 0.15) is 31.9 Å². The standard InChI is InChI=1S/C18H31FN4O.HI/c1-5-20-18(21-11-8-12-24-6-2)22-14-17(23(3)4)15-9-7-10-16(19)13-15;/h7,9-10,13,17H,5-6,8,11-12,14H2,1-4H3,(H2,20,21,22);1H. The fourth-order valence-electron chi connectivity index (χ4n) is 2.33. The van der Waals surface area contributed by atoms with E-state index in [0.29, 0.717) is 6.54 Å². The summed E-state index contributed by atoms with van der Waals surface area (Å²) in [6, 6.07) is 6.74. The first-order valence-corrected chi connectivity index (χ1v) is 8.60. The van der Waals surface area contributed by atoms with E-state index in [0.717, 1.165) is 44.2 Å². The average Bonchev–Trinajstić information content (AvgIpc) is 2.54. The quantitative estimate of drug-likeness (QED) is 0.241. The molecule has 2 N–H and O–H groups in total. The molecule has 5 nitrogen and oxygen atoms in total. The molecular formula is C18H32FIN4O. The van der Waals surface area contributed by atoms with Gasteiger partial charge in [-0.25, -0.2) is 4.39 Å². The molecule has 0 aliphatic rings. The smallest absolute Gasteiger partial charge is 0.191 e. The minimum atomic E-state index is -0.218. The van der Waals surface area contributed by atoms with Crippen LogP contribution in [0.4, 0.5) is 4.39 Å². The van der Waals surface area contributed by atoms with Crippen molar-refractivity contribution in [1.29, 1.82) is 0 Å². The molecule has 25 heavy (non-hydrogen) atoms. The highest BCUT2D eigenvalue weighted by atomic mass is 127. The fraction of sp³-hybridized carbons (Fsp3) is 0.611. The molecule has 1 rings (SSSR count). The van der Waals surface area contributed by atoms with Crippen molar-refractivity contribution in [3.63, 3.8) is 0 Å². The predicted molar refractivity (Wildman–Crippen MR) is 113 cm³/mol. The van der Waals surface area contributed by atoms with E-state index < -0.39 is 0 Å². The van der Waals surface area contributed by atoms with Crippen LogP contribution in [0, 0.1) is 5.82 Å². The minimum Gasteiger partial charge on any atom is -0.382 e. The van der Waals surface area contributed by atoms with E-state index in [-0.39, 0.29) is 35.8 Å². The molecule has 0 saturated heterocycles. The van der Waals surface area contributed by atoms with Gasteiger partial charge in [0, 0.05) is 26.3 Å². The maximum atomic E-state index is 13.5. The van der Waals surface area contributed by atoms with Crippen molar-refractivity contribution in [1.82, 2.24) is 15.5 Å². The average molecular weight is 466 g/mol. The number of ether oxygens (including phenoxy) is 1. The van der Waals surface area contributed by atoms with Gasteiger partial charge < -0.3 is 20.3 Å². The van der Waals surface area contributed by atoms with Crippen LogP contribution in [-0.2, 0) is 4.74 Å². The molecule has 0 aliphatic heterocycles. The lowest BCUT2D eigenvalue weighted by Gasteiger charge is -2.23. The van der Waals surface area contributed by atoms with Gasteiger partial charge >= 0.3 is 0 Å². The Morgan fingerprint density at radius 3 is 2.64 bits per heavy atom. The zero-order chi connectivity index (χ0) is 17.8. The number of benzene rings is 1. The maximum Gasteiger partial charge on any atom is 0.191 e.